The zero-order chi connectivity index (χ0) is 16.2. The molecule has 0 saturated carbocycles. The molecule has 1 aromatic rings. The third-order valence-corrected chi connectivity index (χ3v) is 5.05. The number of aromatic nitrogens is 1. The van der Waals surface area contributed by atoms with Gasteiger partial charge < -0.3 is 15.2 Å². The minimum Gasteiger partial charge on any atom is -0.346 e. The number of hydrogen-bond donors (Lipinski definition) is 2. The molecular weight excluding hydrogens is 288 g/mol. The first-order chi connectivity index (χ1) is 9.69. The summed E-state index contributed by atoms with van der Waals surface area (Å²) in [4.78, 5) is 2.37. The molecule has 0 aromatic carbocycles. The summed E-state index contributed by atoms with van der Waals surface area (Å²) in [6.45, 7) is 9.54. The van der Waals surface area contributed by atoms with Crippen molar-refractivity contribution in [2.24, 2.45) is 5.73 Å². The lowest BCUT2D eigenvalue weighted by Gasteiger charge is -2.20. The van der Waals surface area contributed by atoms with E-state index in [0.717, 1.165) is 5.69 Å². The van der Waals surface area contributed by atoms with Crippen molar-refractivity contribution in [3.05, 3.63) is 18.0 Å². The van der Waals surface area contributed by atoms with Gasteiger partial charge >= 0.3 is 0 Å². The Kier molecular flexibility index (Phi) is 6.40. The molecule has 6 nitrogen and oxygen atoms in total. The Bertz CT molecular complexity index is 549. The van der Waals surface area contributed by atoms with Crippen LogP contribution < -0.4 is 10.5 Å². The quantitative estimate of drug-likeness (QED) is 0.754. The largest absolute Gasteiger partial charge is 0.346 e. The molecule has 122 valence electrons. The number of hydrogen-bond acceptors (Lipinski definition) is 4. The van der Waals surface area contributed by atoms with Crippen molar-refractivity contribution in [1.82, 2.24) is 14.2 Å². The Morgan fingerprint density at radius 3 is 2.38 bits per heavy atom. The fourth-order valence-electron chi connectivity index (χ4n) is 1.99. The zero-order valence-electron chi connectivity index (χ0n) is 13.6. The van der Waals surface area contributed by atoms with E-state index in [1.165, 1.54) is 0 Å². The van der Waals surface area contributed by atoms with Gasteiger partial charge in [0, 0.05) is 43.6 Å². The molecule has 1 aromatic heterocycles. The van der Waals surface area contributed by atoms with Crippen molar-refractivity contribution in [3.8, 4) is 0 Å². The van der Waals surface area contributed by atoms with Crippen LogP contribution >= 0.6 is 0 Å². The molecule has 0 saturated heterocycles. The molecule has 0 radical (unpaired) electrons. The molecule has 0 bridgehead atoms. The monoisotopic (exact) mass is 316 g/mol. The van der Waals surface area contributed by atoms with Crippen molar-refractivity contribution in [3.63, 3.8) is 0 Å². The first-order valence-corrected chi connectivity index (χ1v) is 8.78. The normalized spacial score (nSPS) is 12.8. The van der Waals surface area contributed by atoms with Gasteiger partial charge in [0.05, 0.1) is 4.90 Å². The van der Waals surface area contributed by atoms with E-state index in [4.69, 9.17) is 5.73 Å². The first-order valence-electron chi connectivity index (χ1n) is 7.29. The van der Waals surface area contributed by atoms with Gasteiger partial charge in [-0.2, -0.15) is 0 Å². The number of likely N-dealkylation sites (N-methyl/N-ethyl adjacent to an activating group) is 1. The fourth-order valence-corrected chi connectivity index (χ4v) is 3.06. The van der Waals surface area contributed by atoms with E-state index in [9.17, 15) is 8.42 Å². The van der Waals surface area contributed by atoms with Gasteiger partial charge in [0.1, 0.15) is 0 Å². The predicted octanol–water partition coefficient (Wildman–Crippen LogP) is 1.15. The summed E-state index contributed by atoms with van der Waals surface area (Å²) in [5, 5.41) is 0. The highest BCUT2D eigenvalue weighted by Crippen LogP contribution is 2.18. The van der Waals surface area contributed by atoms with E-state index in [0.29, 0.717) is 25.7 Å². The summed E-state index contributed by atoms with van der Waals surface area (Å²) >= 11 is 0. The van der Waals surface area contributed by atoms with Gasteiger partial charge in [-0.3, -0.25) is 0 Å². The zero-order valence-corrected chi connectivity index (χ0v) is 14.4. The van der Waals surface area contributed by atoms with Crippen LogP contribution in [0, 0.1) is 0 Å². The van der Waals surface area contributed by atoms with Gasteiger partial charge in [0.2, 0.25) is 10.0 Å². The molecule has 0 fully saturated rings. The molecule has 3 N–H and O–H groups in total. The summed E-state index contributed by atoms with van der Waals surface area (Å²) in [6, 6.07) is 2.22. The molecule has 0 unspecified atom stereocenters. The van der Waals surface area contributed by atoms with Crippen molar-refractivity contribution in [1.29, 1.82) is 0 Å². The van der Waals surface area contributed by atoms with Crippen LogP contribution in [0.25, 0.3) is 0 Å². The maximum atomic E-state index is 12.3. The number of rotatable bonds is 8. The van der Waals surface area contributed by atoms with Crippen molar-refractivity contribution in [2.75, 3.05) is 20.1 Å². The topological polar surface area (TPSA) is 80.4 Å². The van der Waals surface area contributed by atoms with Gasteiger partial charge in [-0.1, -0.05) is 0 Å². The third kappa shape index (κ3) is 4.81. The molecular formula is C14H28N4O2S. The Labute approximate surface area is 128 Å². The molecule has 0 aliphatic carbocycles. The molecule has 0 aliphatic rings. The number of sulfonamides is 1. The van der Waals surface area contributed by atoms with E-state index in [2.05, 4.69) is 23.5 Å². The Balaban J connectivity index is 2.79. The highest BCUT2D eigenvalue weighted by Gasteiger charge is 2.19. The molecule has 0 amide bonds. The summed E-state index contributed by atoms with van der Waals surface area (Å²) in [5.74, 6) is 0. The van der Waals surface area contributed by atoms with E-state index in [-0.39, 0.29) is 10.9 Å². The molecule has 1 rings (SSSR count). The van der Waals surface area contributed by atoms with Crippen LogP contribution in [0.3, 0.4) is 0 Å². The maximum Gasteiger partial charge on any atom is 0.242 e. The van der Waals surface area contributed by atoms with Gasteiger partial charge in [-0.15, -0.1) is 0 Å². The Morgan fingerprint density at radius 2 is 1.95 bits per heavy atom. The van der Waals surface area contributed by atoms with Crippen molar-refractivity contribution >= 4 is 10.0 Å². The summed E-state index contributed by atoms with van der Waals surface area (Å²) in [7, 11) is -1.51. The van der Waals surface area contributed by atoms with Crippen LogP contribution in [0.15, 0.2) is 17.2 Å². The van der Waals surface area contributed by atoms with Gasteiger partial charge in [-0.25, -0.2) is 13.1 Å². The second kappa shape index (κ2) is 7.40. The third-order valence-electron chi connectivity index (χ3n) is 3.62. The lowest BCUT2D eigenvalue weighted by Crippen LogP contribution is -2.36. The first kappa shape index (κ1) is 18.2. The lowest BCUT2D eigenvalue weighted by atomic mass is 10.3. The van der Waals surface area contributed by atoms with Crippen molar-refractivity contribution < 1.29 is 8.42 Å². The minimum atomic E-state index is -3.48. The average Bonchev–Trinajstić information content (AvgIpc) is 2.83. The summed E-state index contributed by atoms with van der Waals surface area (Å²) < 4.78 is 29.1. The molecule has 0 spiro atoms. The van der Waals surface area contributed by atoms with Crippen LogP contribution in [0.4, 0.5) is 0 Å². The van der Waals surface area contributed by atoms with Crippen LogP contribution in [0.5, 0.6) is 0 Å². The van der Waals surface area contributed by atoms with E-state index < -0.39 is 10.0 Å². The predicted molar refractivity (Wildman–Crippen MR) is 85.7 cm³/mol. The molecule has 0 aliphatic heterocycles. The van der Waals surface area contributed by atoms with E-state index in [1.54, 1.807) is 12.3 Å². The number of nitrogens with one attached hydrogen (secondary N) is 1. The minimum absolute atomic E-state index is 0.180. The SMILES string of the molecule is CC(C)N(C)CCNS(=O)(=O)c1cc(CN)n(C(C)C)c1. The second-order valence-electron chi connectivity index (χ2n) is 5.84. The summed E-state index contributed by atoms with van der Waals surface area (Å²) in [6.07, 6.45) is 1.65. The summed E-state index contributed by atoms with van der Waals surface area (Å²) in [5.41, 5.74) is 6.50. The van der Waals surface area contributed by atoms with Gasteiger partial charge in [0.15, 0.2) is 0 Å². The van der Waals surface area contributed by atoms with Crippen molar-refractivity contribution in [2.45, 2.75) is 51.2 Å². The molecule has 0 atom stereocenters. The number of nitrogens with zero attached hydrogens (tertiary/aromatic N) is 2. The van der Waals surface area contributed by atoms with Crippen LogP contribution in [-0.2, 0) is 16.6 Å². The maximum absolute atomic E-state index is 12.3. The molecule has 1 heterocycles. The van der Waals surface area contributed by atoms with Crippen LogP contribution in [-0.4, -0.2) is 44.1 Å². The number of nitrogens with two attached hydrogens (primary N) is 1. The Morgan fingerprint density at radius 1 is 1.33 bits per heavy atom. The van der Waals surface area contributed by atoms with Gasteiger partial charge in [0.25, 0.3) is 0 Å². The highest BCUT2D eigenvalue weighted by molar-refractivity contribution is 7.89. The van der Waals surface area contributed by atoms with Crippen LogP contribution in [0.2, 0.25) is 0 Å². The molecule has 21 heavy (non-hydrogen) atoms. The van der Waals surface area contributed by atoms with Crippen LogP contribution in [0.1, 0.15) is 39.4 Å². The average molecular weight is 316 g/mol. The standard InChI is InChI=1S/C14H28N4O2S/c1-11(2)17(5)7-6-16-21(19,20)14-8-13(9-15)18(10-14)12(3)4/h8,10-12,16H,6-7,9,15H2,1-5H3. The smallest absolute Gasteiger partial charge is 0.242 e. The van der Waals surface area contributed by atoms with E-state index >= 15 is 0 Å². The molecule has 7 heteroatoms. The van der Waals surface area contributed by atoms with E-state index in [1.807, 2.05) is 25.5 Å². The van der Waals surface area contributed by atoms with Gasteiger partial charge in [-0.05, 0) is 40.8 Å². The second-order valence-corrected chi connectivity index (χ2v) is 7.61. The highest BCUT2D eigenvalue weighted by atomic mass is 32.2. The Hall–Kier alpha value is -0.890. The fraction of sp³-hybridized carbons (Fsp3) is 0.714. The lowest BCUT2D eigenvalue weighted by molar-refractivity contribution is 0.278.